The van der Waals surface area contributed by atoms with Gasteiger partial charge in [-0.3, -0.25) is 0 Å². The van der Waals surface area contributed by atoms with Gasteiger partial charge in [0.25, 0.3) is 0 Å². The highest BCUT2D eigenvalue weighted by atomic mass is 19.1. The van der Waals surface area contributed by atoms with Crippen LogP contribution in [0.1, 0.15) is 44.0 Å². The Morgan fingerprint density at radius 3 is 2.78 bits per heavy atom. The number of aromatic nitrogens is 2. The predicted molar refractivity (Wildman–Crippen MR) is 85.6 cm³/mol. The molecule has 5 nitrogen and oxygen atoms in total. The van der Waals surface area contributed by atoms with E-state index >= 15 is 0 Å². The number of nitrogens with one attached hydrogen (secondary N) is 1. The van der Waals surface area contributed by atoms with Crippen LogP contribution in [0, 0.1) is 5.82 Å². The number of amides is 2. The number of carbonyl (C=O) groups excluding carboxylic acids is 1. The van der Waals surface area contributed by atoms with E-state index in [1.165, 1.54) is 12.1 Å². The second-order valence-electron chi connectivity index (χ2n) is 6.47. The van der Waals surface area contributed by atoms with Gasteiger partial charge < -0.3 is 14.8 Å². The molecule has 4 rings (SSSR count). The largest absolute Gasteiger partial charge is 0.340 e. The number of piperidine rings is 1. The SMILES string of the molecule is O=C(N1CCCC1)N1CCCC[C@@H]1c1nc2ccc(F)cc2[nH]1. The van der Waals surface area contributed by atoms with Gasteiger partial charge in [0.1, 0.15) is 11.6 Å². The van der Waals surface area contributed by atoms with Crippen LogP contribution in [0.15, 0.2) is 18.2 Å². The summed E-state index contributed by atoms with van der Waals surface area (Å²) in [6.07, 6.45) is 5.20. The molecule has 0 saturated carbocycles. The molecule has 0 aliphatic carbocycles. The molecule has 0 unspecified atom stereocenters. The first kappa shape index (κ1) is 14.5. The van der Waals surface area contributed by atoms with Crippen LogP contribution < -0.4 is 0 Å². The molecular formula is C17H21FN4O. The number of carbonyl (C=O) groups is 1. The van der Waals surface area contributed by atoms with Crippen LogP contribution >= 0.6 is 0 Å². The molecule has 2 aromatic rings. The summed E-state index contributed by atoms with van der Waals surface area (Å²) in [6.45, 7) is 2.48. The van der Waals surface area contributed by atoms with Crippen molar-refractivity contribution in [3.05, 3.63) is 29.8 Å². The fourth-order valence-corrected chi connectivity index (χ4v) is 3.69. The number of urea groups is 1. The normalized spacial score (nSPS) is 22.0. The van der Waals surface area contributed by atoms with E-state index in [1.807, 2.05) is 9.80 Å². The van der Waals surface area contributed by atoms with Crippen LogP contribution in [-0.2, 0) is 0 Å². The Morgan fingerprint density at radius 2 is 1.96 bits per heavy atom. The Kier molecular flexibility index (Phi) is 3.67. The fourth-order valence-electron chi connectivity index (χ4n) is 3.69. The van der Waals surface area contributed by atoms with E-state index in [-0.39, 0.29) is 17.9 Å². The minimum atomic E-state index is -0.277. The number of fused-ring (bicyclic) bond motifs is 1. The number of hydrogen-bond acceptors (Lipinski definition) is 2. The van der Waals surface area contributed by atoms with Crippen LogP contribution in [0.25, 0.3) is 11.0 Å². The van der Waals surface area contributed by atoms with Crippen molar-refractivity contribution < 1.29 is 9.18 Å². The topological polar surface area (TPSA) is 52.2 Å². The number of halogens is 1. The average Bonchev–Trinajstić information content (AvgIpc) is 3.23. The van der Waals surface area contributed by atoms with E-state index in [4.69, 9.17) is 0 Å². The van der Waals surface area contributed by atoms with Gasteiger partial charge in [0.05, 0.1) is 17.1 Å². The Labute approximate surface area is 134 Å². The Morgan fingerprint density at radius 1 is 1.17 bits per heavy atom. The average molecular weight is 316 g/mol. The number of aromatic amines is 1. The second-order valence-corrected chi connectivity index (χ2v) is 6.47. The zero-order chi connectivity index (χ0) is 15.8. The molecule has 23 heavy (non-hydrogen) atoms. The van der Waals surface area contributed by atoms with E-state index in [0.29, 0.717) is 5.52 Å². The maximum Gasteiger partial charge on any atom is 0.320 e. The van der Waals surface area contributed by atoms with Crippen LogP contribution in [0.2, 0.25) is 0 Å². The van der Waals surface area contributed by atoms with Gasteiger partial charge in [0.2, 0.25) is 0 Å². The molecule has 0 bridgehead atoms. The summed E-state index contributed by atoms with van der Waals surface area (Å²) in [6, 6.07) is 4.65. The van der Waals surface area contributed by atoms with Crippen molar-refractivity contribution in [2.45, 2.75) is 38.1 Å². The highest BCUT2D eigenvalue weighted by Crippen LogP contribution is 2.32. The lowest BCUT2D eigenvalue weighted by Crippen LogP contribution is -2.46. The second kappa shape index (κ2) is 5.83. The Hall–Kier alpha value is -2.11. The molecule has 2 aliphatic heterocycles. The van der Waals surface area contributed by atoms with Crippen molar-refractivity contribution in [1.29, 1.82) is 0 Å². The van der Waals surface area contributed by atoms with E-state index < -0.39 is 0 Å². The first-order chi connectivity index (χ1) is 11.2. The molecular weight excluding hydrogens is 295 g/mol. The van der Waals surface area contributed by atoms with Crippen LogP contribution in [0.5, 0.6) is 0 Å². The number of imidazole rings is 1. The summed E-state index contributed by atoms with van der Waals surface area (Å²) in [5.74, 6) is 0.499. The molecule has 1 aromatic heterocycles. The smallest absolute Gasteiger partial charge is 0.320 e. The standard InChI is InChI=1S/C17H21FN4O/c18-12-6-7-13-14(11-12)20-16(19-13)15-5-1-2-10-22(15)17(23)21-8-3-4-9-21/h6-7,11,15H,1-5,8-10H2,(H,19,20)/t15-/m1/s1. The molecule has 6 heteroatoms. The molecule has 122 valence electrons. The molecule has 1 atom stereocenters. The number of benzene rings is 1. The highest BCUT2D eigenvalue weighted by Gasteiger charge is 2.33. The number of nitrogens with zero attached hydrogens (tertiary/aromatic N) is 3. The maximum atomic E-state index is 13.4. The van der Waals surface area contributed by atoms with Gasteiger partial charge in [0.15, 0.2) is 0 Å². The third kappa shape index (κ3) is 2.66. The predicted octanol–water partition coefficient (Wildman–Crippen LogP) is 3.44. The maximum absolute atomic E-state index is 13.4. The van der Waals surface area contributed by atoms with Gasteiger partial charge in [-0.2, -0.15) is 0 Å². The van der Waals surface area contributed by atoms with Gasteiger partial charge in [-0.1, -0.05) is 0 Å². The monoisotopic (exact) mass is 316 g/mol. The molecule has 0 spiro atoms. The molecule has 2 saturated heterocycles. The van der Waals surface area contributed by atoms with Crippen LogP contribution in [-0.4, -0.2) is 45.4 Å². The number of rotatable bonds is 1. The molecule has 1 N–H and O–H groups in total. The number of hydrogen-bond donors (Lipinski definition) is 1. The van der Waals surface area contributed by atoms with E-state index in [0.717, 1.165) is 63.1 Å². The minimum Gasteiger partial charge on any atom is -0.340 e. The summed E-state index contributed by atoms with van der Waals surface area (Å²) in [4.78, 5) is 24.5. The number of H-pyrrole nitrogens is 1. The number of likely N-dealkylation sites (tertiary alicyclic amines) is 2. The quantitative estimate of drug-likeness (QED) is 0.876. The summed E-state index contributed by atoms with van der Waals surface area (Å²) < 4.78 is 13.4. The van der Waals surface area contributed by atoms with Gasteiger partial charge in [-0.25, -0.2) is 14.2 Å². The first-order valence-corrected chi connectivity index (χ1v) is 8.43. The van der Waals surface area contributed by atoms with Gasteiger partial charge in [-0.05, 0) is 50.3 Å². The lowest BCUT2D eigenvalue weighted by atomic mass is 10.0. The zero-order valence-corrected chi connectivity index (χ0v) is 13.1. The van der Waals surface area contributed by atoms with Crippen LogP contribution in [0.4, 0.5) is 9.18 Å². The summed E-state index contributed by atoms with van der Waals surface area (Å²) in [5, 5.41) is 0. The van der Waals surface area contributed by atoms with Crippen molar-refractivity contribution in [2.75, 3.05) is 19.6 Å². The van der Waals surface area contributed by atoms with Crippen molar-refractivity contribution in [2.24, 2.45) is 0 Å². The summed E-state index contributed by atoms with van der Waals surface area (Å²) in [7, 11) is 0. The van der Waals surface area contributed by atoms with Gasteiger partial charge in [-0.15, -0.1) is 0 Å². The van der Waals surface area contributed by atoms with Crippen LogP contribution in [0.3, 0.4) is 0 Å². The van der Waals surface area contributed by atoms with E-state index in [1.54, 1.807) is 6.07 Å². The van der Waals surface area contributed by atoms with E-state index in [2.05, 4.69) is 9.97 Å². The molecule has 3 heterocycles. The van der Waals surface area contributed by atoms with Gasteiger partial charge >= 0.3 is 6.03 Å². The molecule has 2 aliphatic rings. The lowest BCUT2D eigenvalue weighted by molar-refractivity contribution is 0.119. The molecule has 1 aromatic carbocycles. The third-order valence-corrected chi connectivity index (χ3v) is 4.90. The Bertz CT molecular complexity index is 722. The molecule has 2 fully saturated rings. The summed E-state index contributed by atoms with van der Waals surface area (Å²) >= 11 is 0. The highest BCUT2D eigenvalue weighted by molar-refractivity contribution is 5.77. The third-order valence-electron chi connectivity index (χ3n) is 4.90. The van der Waals surface area contributed by atoms with Crippen molar-refractivity contribution >= 4 is 17.1 Å². The van der Waals surface area contributed by atoms with Gasteiger partial charge in [0, 0.05) is 19.6 Å². The van der Waals surface area contributed by atoms with Crippen molar-refractivity contribution in [1.82, 2.24) is 19.8 Å². The fraction of sp³-hybridized carbons (Fsp3) is 0.529. The van der Waals surface area contributed by atoms with Crippen molar-refractivity contribution in [3.8, 4) is 0 Å². The van der Waals surface area contributed by atoms with Crippen molar-refractivity contribution in [3.63, 3.8) is 0 Å². The first-order valence-electron chi connectivity index (χ1n) is 8.43. The Balaban J connectivity index is 1.64. The molecule has 0 radical (unpaired) electrons. The minimum absolute atomic E-state index is 0.0349. The zero-order valence-electron chi connectivity index (χ0n) is 13.1. The summed E-state index contributed by atoms with van der Waals surface area (Å²) in [5.41, 5.74) is 1.44. The van der Waals surface area contributed by atoms with E-state index in [9.17, 15) is 9.18 Å². The lowest BCUT2D eigenvalue weighted by Gasteiger charge is -2.37. The molecule has 2 amide bonds.